The minimum atomic E-state index is -5.39. The molecule has 0 aliphatic heterocycles. The largest absolute Gasteiger partial charge is 3.00 e. The molecule has 0 rings (SSSR count). The molecule has 0 aromatic carbocycles. The Hall–Kier alpha value is 1.21. The van der Waals surface area contributed by atoms with Crippen LogP contribution in [0, 0.1) is 0 Å². The van der Waals surface area contributed by atoms with Gasteiger partial charge in [0.15, 0.2) is 0 Å². The fraction of sp³-hybridized carbons (Fsp3) is 0. The Kier molecular flexibility index (Phi) is 17.0. The molecule has 0 saturated heterocycles. The fourth-order valence-electron chi connectivity index (χ4n) is 0. The smallest absolute Gasteiger partial charge is 0.822 e. The van der Waals surface area contributed by atoms with E-state index in [1.807, 2.05) is 0 Å². The van der Waals surface area contributed by atoms with Gasteiger partial charge >= 0.3 is 33.0 Å². The van der Waals surface area contributed by atoms with Crippen molar-refractivity contribution in [1.82, 2.24) is 0 Å². The zero-order chi connectivity index (χ0) is 9.00. The van der Waals surface area contributed by atoms with Crippen molar-refractivity contribution in [3.05, 3.63) is 0 Å². The van der Waals surface area contributed by atoms with Crippen molar-refractivity contribution >= 4 is 15.6 Å². The van der Waals surface area contributed by atoms with Crippen LogP contribution < -0.4 is 24.5 Å². The molecule has 8 nitrogen and oxygen atoms in total. The van der Waals surface area contributed by atoms with Gasteiger partial charge in [-0.2, -0.15) is 7.82 Å². The van der Waals surface area contributed by atoms with Crippen LogP contribution in [0.2, 0.25) is 0 Å². The molecule has 0 amide bonds. The second-order valence-electron chi connectivity index (χ2n) is 0.916. The van der Waals surface area contributed by atoms with Crippen LogP contribution in [0.1, 0.15) is 0 Å². The van der Waals surface area contributed by atoms with Crippen molar-refractivity contribution in [2.45, 2.75) is 0 Å². The van der Waals surface area contributed by atoms with Crippen molar-refractivity contribution in [3.63, 3.8) is 0 Å². The van der Waals surface area contributed by atoms with Crippen molar-refractivity contribution < 1.29 is 71.5 Å². The van der Waals surface area contributed by atoms with E-state index in [0.717, 1.165) is 0 Å². The van der Waals surface area contributed by atoms with E-state index in [-0.39, 0.29) is 33.0 Å². The Bertz CT molecular complexity index is 127. The maximum atomic E-state index is 8.66. The van der Waals surface area contributed by atoms with Crippen LogP contribution in [0.15, 0.2) is 0 Å². The van der Waals surface area contributed by atoms with Crippen LogP contribution in [0.25, 0.3) is 0 Å². The average molecular weight is 308 g/mol. The van der Waals surface area contributed by atoms with E-state index >= 15 is 0 Å². The number of hydrogen-bond donors (Lipinski definition) is 1. The van der Waals surface area contributed by atoms with Crippen molar-refractivity contribution in [2.75, 3.05) is 0 Å². The van der Waals surface area contributed by atoms with E-state index < -0.39 is 15.6 Å². The molecule has 0 aliphatic rings. The molecule has 1 radical (unpaired) electrons. The summed E-state index contributed by atoms with van der Waals surface area (Å²) in [5.41, 5.74) is 0. The Balaban J connectivity index is -0.0000000457. The molecular weight excluding hydrogens is 307 g/mol. The van der Waals surface area contributed by atoms with Gasteiger partial charge < -0.3 is 38.5 Å². The minimum absolute atomic E-state index is 0. The van der Waals surface area contributed by atoms with Gasteiger partial charge in [0.05, 0.1) is 7.82 Å². The van der Waals surface area contributed by atoms with Gasteiger partial charge in [0.2, 0.25) is 0 Å². The first-order valence-electron chi connectivity index (χ1n) is 1.48. The third kappa shape index (κ3) is 801. The van der Waals surface area contributed by atoms with Gasteiger partial charge in [-0.05, 0) is 0 Å². The Labute approximate surface area is 87.3 Å². The molecule has 79 valence electrons. The second-order valence-corrected chi connectivity index (χ2v) is 2.75. The summed E-state index contributed by atoms with van der Waals surface area (Å²) in [5, 5.41) is 0. The molecule has 12 heteroatoms. The quantitative estimate of drug-likeness (QED) is 0.342. The zero-order valence-electron chi connectivity index (χ0n) is 4.83. The number of hydrogen-bond acceptors (Lipinski definition) is 7. The standard InChI is InChI=1S/2Ni.2H3O4P/c;;2*1-5(2,3)4/h;;2*(H3,1,2,3,4)/q+2;+3;;/p-5. The molecule has 12 heavy (non-hydrogen) atoms. The minimum Gasteiger partial charge on any atom is -0.822 e. The Morgan fingerprint density at radius 3 is 0.917 bits per heavy atom. The fourth-order valence-corrected chi connectivity index (χ4v) is 0. The van der Waals surface area contributed by atoms with E-state index in [0.29, 0.717) is 0 Å². The first kappa shape index (κ1) is 23.2. The third-order valence-electron chi connectivity index (χ3n) is 0. The van der Waals surface area contributed by atoms with Gasteiger partial charge in [-0.25, -0.2) is 0 Å². The molecule has 1 N–H and O–H groups in total. The van der Waals surface area contributed by atoms with Gasteiger partial charge in [-0.3, -0.25) is 0 Å². The molecule has 0 saturated carbocycles. The molecule has 0 atom stereocenters. The summed E-state index contributed by atoms with van der Waals surface area (Å²) in [6.07, 6.45) is 0. The number of phosphoric acid groups is 2. The predicted octanol–water partition coefficient (Wildman–Crippen LogP) is -5.02. The number of rotatable bonds is 0. The van der Waals surface area contributed by atoms with Crippen molar-refractivity contribution in [2.24, 2.45) is 0 Å². The maximum Gasteiger partial charge on any atom is 3.00 e. The van der Waals surface area contributed by atoms with Crippen LogP contribution in [-0.4, -0.2) is 4.89 Å². The predicted molar refractivity (Wildman–Crippen MR) is 17.4 cm³/mol. The SMILES string of the molecule is O=P([O-])([O-])O.O=P([O-])([O-])[O-].[Ni+2].[Ni+3]. The zero-order valence-corrected chi connectivity index (χ0v) is 8.60. The molecule has 0 spiro atoms. The van der Waals surface area contributed by atoms with Gasteiger partial charge in [0.25, 0.3) is 0 Å². The molecular formula is HNi2O8P2. The third-order valence-corrected chi connectivity index (χ3v) is 0. The van der Waals surface area contributed by atoms with Gasteiger partial charge in [0.1, 0.15) is 0 Å². The van der Waals surface area contributed by atoms with Crippen molar-refractivity contribution in [1.29, 1.82) is 0 Å². The van der Waals surface area contributed by atoms with E-state index in [1.54, 1.807) is 0 Å². The summed E-state index contributed by atoms with van der Waals surface area (Å²) < 4.78 is 17.2. The first-order valence-corrected chi connectivity index (χ1v) is 4.43. The first-order chi connectivity index (χ1) is 4.00. The Morgan fingerprint density at radius 2 is 0.917 bits per heavy atom. The van der Waals surface area contributed by atoms with Gasteiger partial charge in [0, 0.05) is 0 Å². The molecule has 0 aliphatic carbocycles. The molecule has 0 aromatic heterocycles. The van der Waals surface area contributed by atoms with Crippen LogP contribution in [0.3, 0.4) is 0 Å². The molecule has 0 fully saturated rings. The van der Waals surface area contributed by atoms with Gasteiger partial charge in [-0.15, -0.1) is 0 Å². The summed E-state index contributed by atoms with van der Waals surface area (Å²) >= 11 is 0. The van der Waals surface area contributed by atoms with Crippen LogP contribution >= 0.6 is 15.6 Å². The Morgan fingerprint density at radius 1 is 0.917 bits per heavy atom. The van der Waals surface area contributed by atoms with E-state index in [9.17, 15) is 0 Å². The molecule has 0 bridgehead atoms. The monoisotopic (exact) mass is 307 g/mol. The van der Waals surface area contributed by atoms with E-state index in [4.69, 9.17) is 38.5 Å². The van der Waals surface area contributed by atoms with Crippen LogP contribution in [0.4, 0.5) is 0 Å². The summed E-state index contributed by atoms with van der Waals surface area (Å²) in [6, 6.07) is 0. The summed E-state index contributed by atoms with van der Waals surface area (Å²) in [7, 11) is -10.5. The summed E-state index contributed by atoms with van der Waals surface area (Å²) in [6.45, 7) is 0. The van der Waals surface area contributed by atoms with Crippen LogP contribution in [-0.2, 0) is 42.1 Å². The van der Waals surface area contributed by atoms with Crippen LogP contribution in [0.5, 0.6) is 0 Å². The summed E-state index contributed by atoms with van der Waals surface area (Å²) in [5.74, 6) is 0. The van der Waals surface area contributed by atoms with E-state index in [2.05, 4.69) is 0 Å². The second kappa shape index (κ2) is 8.79. The van der Waals surface area contributed by atoms with Gasteiger partial charge in [-0.1, -0.05) is 0 Å². The van der Waals surface area contributed by atoms with Crippen molar-refractivity contribution in [3.8, 4) is 0 Å². The average Bonchev–Trinajstić information content (AvgIpc) is 1.12. The molecule has 0 unspecified atom stereocenters. The topological polar surface area (TPSA) is 170 Å². The molecule has 0 aromatic rings. The normalized spacial score (nSPS) is 9.83. The molecule has 0 heterocycles. The van der Waals surface area contributed by atoms with E-state index in [1.165, 1.54) is 0 Å². The summed E-state index contributed by atoms with van der Waals surface area (Å²) in [4.78, 5) is 49.9. The maximum absolute atomic E-state index is 8.66.